The Morgan fingerprint density at radius 3 is 2.52 bits per heavy atom. The third kappa shape index (κ3) is 4.04. The van der Waals surface area contributed by atoms with Crippen molar-refractivity contribution in [1.29, 1.82) is 0 Å². The van der Waals surface area contributed by atoms with E-state index in [0.717, 1.165) is 15.7 Å². The van der Waals surface area contributed by atoms with E-state index < -0.39 is 0 Å². The Morgan fingerprint density at radius 2 is 1.95 bits per heavy atom. The summed E-state index contributed by atoms with van der Waals surface area (Å²) in [6.45, 7) is -0.0666. The molecule has 1 atom stereocenters. The highest BCUT2D eigenvalue weighted by Gasteiger charge is 2.13. The van der Waals surface area contributed by atoms with Crippen LogP contribution in [-0.2, 0) is 0 Å². The first-order chi connectivity index (χ1) is 10.0. The monoisotopic (exact) mass is 389 g/mol. The van der Waals surface area contributed by atoms with Crippen molar-refractivity contribution in [2.75, 3.05) is 19.0 Å². The van der Waals surface area contributed by atoms with Crippen molar-refractivity contribution in [2.45, 2.75) is 6.04 Å². The van der Waals surface area contributed by atoms with Gasteiger partial charge in [-0.15, -0.1) is 0 Å². The summed E-state index contributed by atoms with van der Waals surface area (Å²) >= 11 is 15.5. The molecule has 2 aromatic rings. The van der Waals surface area contributed by atoms with Gasteiger partial charge in [0, 0.05) is 10.2 Å². The lowest BCUT2D eigenvalue weighted by Gasteiger charge is -2.19. The second-order valence-electron chi connectivity index (χ2n) is 4.40. The van der Waals surface area contributed by atoms with Gasteiger partial charge in [0.05, 0.1) is 29.8 Å². The topological polar surface area (TPSA) is 41.5 Å². The maximum atomic E-state index is 9.61. The Morgan fingerprint density at radius 1 is 1.19 bits per heavy atom. The van der Waals surface area contributed by atoms with Gasteiger partial charge in [0.1, 0.15) is 5.75 Å². The van der Waals surface area contributed by atoms with Crippen LogP contribution < -0.4 is 10.1 Å². The molecule has 0 spiro atoms. The summed E-state index contributed by atoms with van der Waals surface area (Å²) < 4.78 is 5.92. The van der Waals surface area contributed by atoms with Crippen LogP contribution in [0.15, 0.2) is 40.9 Å². The van der Waals surface area contributed by atoms with E-state index in [1.165, 1.54) is 0 Å². The molecule has 6 heteroatoms. The Kier molecular flexibility index (Phi) is 5.76. The second kappa shape index (κ2) is 7.36. The standard InChI is InChI=1S/C15H14BrCl2NO2/c1-21-15-5-2-9(6-13(15)18)14(8-20)19-10-3-4-12(17)11(16)7-10/h2-7,14,19-20H,8H2,1H3. The van der Waals surface area contributed by atoms with Crippen LogP contribution >= 0.6 is 39.1 Å². The van der Waals surface area contributed by atoms with Crippen LogP contribution in [0.4, 0.5) is 5.69 Å². The zero-order chi connectivity index (χ0) is 15.4. The van der Waals surface area contributed by atoms with Crippen molar-refractivity contribution in [3.05, 3.63) is 56.5 Å². The van der Waals surface area contributed by atoms with Crippen LogP contribution in [0.5, 0.6) is 5.75 Å². The molecule has 0 saturated heterocycles. The lowest BCUT2D eigenvalue weighted by molar-refractivity contribution is 0.276. The quantitative estimate of drug-likeness (QED) is 0.761. The summed E-state index contributed by atoms with van der Waals surface area (Å²) in [5.74, 6) is 0.603. The SMILES string of the molecule is COc1ccc(C(CO)Nc2ccc(Cl)c(Br)c2)cc1Cl. The number of anilines is 1. The highest BCUT2D eigenvalue weighted by molar-refractivity contribution is 9.10. The van der Waals surface area contributed by atoms with E-state index in [0.29, 0.717) is 15.8 Å². The molecule has 3 nitrogen and oxygen atoms in total. The van der Waals surface area contributed by atoms with Gasteiger partial charge >= 0.3 is 0 Å². The number of aliphatic hydroxyl groups excluding tert-OH is 1. The van der Waals surface area contributed by atoms with Gasteiger partial charge in [-0.2, -0.15) is 0 Å². The maximum Gasteiger partial charge on any atom is 0.137 e. The zero-order valence-corrected chi connectivity index (χ0v) is 14.3. The number of nitrogens with one attached hydrogen (secondary N) is 1. The van der Waals surface area contributed by atoms with Gasteiger partial charge in [-0.3, -0.25) is 0 Å². The summed E-state index contributed by atoms with van der Waals surface area (Å²) in [5.41, 5.74) is 1.71. The van der Waals surface area contributed by atoms with E-state index in [2.05, 4.69) is 21.2 Å². The number of aliphatic hydroxyl groups is 1. The molecule has 2 rings (SSSR count). The number of methoxy groups -OCH3 is 1. The summed E-state index contributed by atoms with van der Waals surface area (Å²) in [6, 6.07) is 10.6. The molecule has 1 unspecified atom stereocenters. The van der Waals surface area contributed by atoms with E-state index in [9.17, 15) is 5.11 Å². The van der Waals surface area contributed by atoms with Crippen LogP contribution in [0.25, 0.3) is 0 Å². The number of benzene rings is 2. The van der Waals surface area contributed by atoms with Crippen molar-refractivity contribution in [3.63, 3.8) is 0 Å². The number of hydrogen-bond acceptors (Lipinski definition) is 3. The van der Waals surface area contributed by atoms with Crippen LogP contribution in [-0.4, -0.2) is 18.8 Å². The molecule has 0 amide bonds. The molecule has 0 aliphatic carbocycles. The molecule has 0 radical (unpaired) electrons. The Bertz CT molecular complexity index is 637. The van der Waals surface area contributed by atoms with E-state index >= 15 is 0 Å². The molecule has 0 aromatic heterocycles. The molecule has 0 bridgehead atoms. The van der Waals surface area contributed by atoms with Gasteiger partial charge in [-0.25, -0.2) is 0 Å². The Balaban J connectivity index is 2.23. The minimum Gasteiger partial charge on any atom is -0.495 e. The molecule has 0 fully saturated rings. The van der Waals surface area contributed by atoms with Gasteiger partial charge in [-0.1, -0.05) is 29.3 Å². The minimum absolute atomic E-state index is 0.0666. The fraction of sp³-hybridized carbons (Fsp3) is 0.200. The van der Waals surface area contributed by atoms with Gasteiger partial charge in [0.2, 0.25) is 0 Å². The summed E-state index contributed by atoms with van der Waals surface area (Å²) in [4.78, 5) is 0. The highest BCUT2D eigenvalue weighted by atomic mass is 79.9. The molecule has 21 heavy (non-hydrogen) atoms. The number of ether oxygens (including phenoxy) is 1. The molecule has 112 valence electrons. The average Bonchev–Trinajstić information content (AvgIpc) is 2.48. The highest BCUT2D eigenvalue weighted by Crippen LogP contribution is 2.31. The van der Waals surface area contributed by atoms with Crippen molar-refractivity contribution < 1.29 is 9.84 Å². The largest absolute Gasteiger partial charge is 0.495 e. The molecule has 2 N–H and O–H groups in total. The first-order valence-corrected chi connectivity index (χ1v) is 7.76. The van der Waals surface area contributed by atoms with Crippen LogP contribution in [0.3, 0.4) is 0 Å². The van der Waals surface area contributed by atoms with Gasteiger partial charge < -0.3 is 15.2 Å². The molecule has 0 heterocycles. The van der Waals surface area contributed by atoms with Crippen LogP contribution in [0, 0.1) is 0 Å². The van der Waals surface area contributed by atoms with Crippen molar-refractivity contribution in [3.8, 4) is 5.75 Å². The van der Waals surface area contributed by atoms with Crippen molar-refractivity contribution >= 4 is 44.8 Å². The fourth-order valence-corrected chi connectivity index (χ4v) is 2.68. The third-order valence-corrected chi connectivity index (χ3v) is 4.53. The number of halogens is 3. The molecule has 2 aromatic carbocycles. The average molecular weight is 391 g/mol. The third-order valence-electron chi connectivity index (χ3n) is 3.02. The van der Waals surface area contributed by atoms with Gasteiger partial charge in [0.25, 0.3) is 0 Å². The predicted molar refractivity (Wildman–Crippen MR) is 90.6 cm³/mol. The zero-order valence-electron chi connectivity index (χ0n) is 11.2. The molecule has 0 aliphatic rings. The minimum atomic E-state index is -0.276. The number of rotatable bonds is 5. The van der Waals surface area contributed by atoms with E-state index in [-0.39, 0.29) is 12.6 Å². The Hall–Kier alpha value is -0.940. The number of hydrogen-bond donors (Lipinski definition) is 2. The maximum absolute atomic E-state index is 9.61. The molecular formula is C15H14BrCl2NO2. The lowest BCUT2D eigenvalue weighted by Crippen LogP contribution is -2.14. The smallest absolute Gasteiger partial charge is 0.137 e. The molecular weight excluding hydrogens is 377 g/mol. The predicted octanol–water partition coefficient (Wildman–Crippen LogP) is 4.91. The summed E-state index contributed by atoms with van der Waals surface area (Å²) in [6.07, 6.45) is 0. The first kappa shape index (κ1) is 16.4. The van der Waals surface area contributed by atoms with Gasteiger partial charge in [0.15, 0.2) is 0 Å². The van der Waals surface area contributed by atoms with Crippen molar-refractivity contribution in [1.82, 2.24) is 0 Å². The summed E-state index contributed by atoms with van der Waals surface area (Å²) in [5, 5.41) is 14.0. The van der Waals surface area contributed by atoms with E-state index in [1.54, 1.807) is 25.3 Å². The van der Waals surface area contributed by atoms with Gasteiger partial charge in [-0.05, 0) is 51.8 Å². The van der Waals surface area contributed by atoms with E-state index in [4.69, 9.17) is 27.9 Å². The first-order valence-electron chi connectivity index (χ1n) is 6.21. The Labute approximate surface area is 142 Å². The molecule has 0 saturated carbocycles. The van der Waals surface area contributed by atoms with Crippen LogP contribution in [0.2, 0.25) is 10.0 Å². The second-order valence-corrected chi connectivity index (χ2v) is 6.07. The van der Waals surface area contributed by atoms with Crippen LogP contribution in [0.1, 0.15) is 11.6 Å². The fourth-order valence-electron chi connectivity index (χ4n) is 1.92. The lowest BCUT2D eigenvalue weighted by atomic mass is 10.1. The molecule has 0 aliphatic heterocycles. The van der Waals surface area contributed by atoms with E-state index in [1.807, 2.05) is 18.2 Å². The van der Waals surface area contributed by atoms with Crippen molar-refractivity contribution in [2.24, 2.45) is 0 Å². The normalized spacial score (nSPS) is 12.0. The summed E-state index contributed by atoms with van der Waals surface area (Å²) in [7, 11) is 1.56.